The highest BCUT2D eigenvalue weighted by Crippen LogP contribution is 2.32. The van der Waals surface area contributed by atoms with Gasteiger partial charge < -0.3 is 14.4 Å². The van der Waals surface area contributed by atoms with Gasteiger partial charge in [0.25, 0.3) is 0 Å². The van der Waals surface area contributed by atoms with Crippen molar-refractivity contribution in [2.45, 2.75) is 12.8 Å². The van der Waals surface area contributed by atoms with Gasteiger partial charge in [0, 0.05) is 30.9 Å². The molecule has 0 aromatic heterocycles. The minimum absolute atomic E-state index is 0.744. The van der Waals surface area contributed by atoms with E-state index in [1.165, 1.54) is 5.57 Å². The van der Waals surface area contributed by atoms with Gasteiger partial charge in [-0.25, -0.2) is 0 Å². The van der Waals surface area contributed by atoms with Gasteiger partial charge >= 0.3 is 0 Å². The van der Waals surface area contributed by atoms with Crippen LogP contribution in [0.5, 0.6) is 11.5 Å². The highest BCUT2D eigenvalue weighted by molar-refractivity contribution is 5.57. The van der Waals surface area contributed by atoms with E-state index in [-0.39, 0.29) is 0 Å². The maximum absolute atomic E-state index is 8.66. The Morgan fingerprint density at radius 2 is 1.84 bits per heavy atom. The molecular formula is C15H18N2O2. The average molecular weight is 258 g/mol. The summed E-state index contributed by atoms with van der Waals surface area (Å²) in [4.78, 5) is 2.30. The summed E-state index contributed by atoms with van der Waals surface area (Å²) in [6, 6.07) is 8.07. The predicted molar refractivity (Wildman–Crippen MR) is 74.7 cm³/mol. The molecule has 0 spiro atoms. The van der Waals surface area contributed by atoms with Gasteiger partial charge in [0.2, 0.25) is 0 Å². The largest absolute Gasteiger partial charge is 0.493 e. The van der Waals surface area contributed by atoms with Crippen LogP contribution in [0.15, 0.2) is 29.8 Å². The Hall–Kier alpha value is -2.15. The summed E-state index contributed by atoms with van der Waals surface area (Å²) in [6.45, 7) is 1.87. The molecule has 0 radical (unpaired) electrons. The first-order valence-corrected chi connectivity index (χ1v) is 6.33. The van der Waals surface area contributed by atoms with Crippen LogP contribution in [0.2, 0.25) is 0 Å². The van der Waals surface area contributed by atoms with Gasteiger partial charge in [0.05, 0.1) is 20.3 Å². The van der Waals surface area contributed by atoms with E-state index in [4.69, 9.17) is 14.7 Å². The Bertz CT molecular complexity index is 507. The van der Waals surface area contributed by atoms with Crippen LogP contribution in [0.1, 0.15) is 12.8 Å². The minimum atomic E-state index is 0.744. The number of hydrogen-bond donors (Lipinski definition) is 0. The van der Waals surface area contributed by atoms with Crippen LogP contribution in [-0.4, -0.2) is 27.3 Å². The van der Waals surface area contributed by atoms with Crippen LogP contribution in [0.25, 0.3) is 0 Å². The Balaban J connectivity index is 2.12. The molecule has 4 heteroatoms. The first kappa shape index (κ1) is 13.3. The third-order valence-corrected chi connectivity index (χ3v) is 3.41. The highest BCUT2D eigenvalue weighted by atomic mass is 16.5. The molecule has 0 amide bonds. The second-order valence-electron chi connectivity index (χ2n) is 4.46. The average Bonchev–Trinajstić information content (AvgIpc) is 2.47. The number of benzene rings is 1. The van der Waals surface area contributed by atoms with E-state index in [1.54, 1.807) is 20.3 Å². The van der Waals surface area contributed by atoms with Crippen molar-refractivity contribution in [3.63, 3.8) is 0 Å². The molecule has 1 heterocycles. The Morgan fingerprint density at radius 1 is 1.16 bits per heavy atom. The lowest BCUT2D eigenvalue weighted by Gasteiger charge is -2.30. The molecular weight excluding hydrogens is 240 g/mol. The van der Waals surface area contributed by atoms with Crippen LogP contribution >= 0.6 is 0 Å². The summed E-state index contributed by atoms with van der Waals surface area (Å²) < 4.78 is 10.6. The molecule has 1 aromatic carbocycles. The molecule has 0 atom stereocenters. The fourth-order valence-electron chi connectivity index (χ4n) is 2.31. The minimum Gasteiger partial charge on any atom is -0.493 e. The van der Waals surface area contributed by atoms with Gasteiger partial charge in [-0.1, -0.05) is 5.57 Å². The molecule has 0 unspecified atom stereocenters. The molecule has 1 saturated heterocycles. The number of rotatable bonds is 3. The Kier molecular flexibility index (Phi) is 4.30. The van der Waals surface area contributed by atoms with E-state index in [9.17, 15) is 0 Å². The van der Waals surface area contributed by atoms with Gasteiger partial charge in [-0.05, 0) is 25.0 Å². The standard InChI is InChI=1S/C15H18N2O2/c1-18-14-4-3-13(11-15(14)19-2)17-9-6-12(5-8-16)7-10-17/h3-5,11H,6-7,9-10H2,1-2H3. The van der Waals surface area contributed by atoms with Gasteiger partial charge in [-0.2, -0.15) is 5.26 Å². The maximum atomic E-state index is 8.66. The van der Waals surface area contributed by atoms with Crippen LogP contribution in [0, 0.1) is 11.3 Å². The third-order valence-electron chi connectivity index (χ3n) is 3.41. The first-order chi connectivity index (χ1) is 9.28. The van der Waals surface area contributed by atoms with Gasteiger partial charge in [-0.15, -0.1) is 0 Å². The smallest absolute Gasteiger partial charge is 0.162 e. The van der Waals surface area contributed by atoms with Gasteiger partial charge in [0.15, 0.2) is 11.5 Å². The number of allylic oxidation sites excluding steroid dienone is 1. The molecule has 0 aliphatic carbocycles. The van der Waals surface area contributed by atoms with E-state index in [2.05, 4.69) is 11.0 Å². The van der Waals surface area contributed by atoms with Crippen molar-refractivity contribution in [3.8, 4) is 17.6 Å². The van der Waals surface area contributed by atoms with Crippen molar-refractivity contribution in [1.82, 2.24) is 0 Å². The number of nitriles is 1. The monoisotopic (exact) mass is 258 g/mol. The second-order valence-corrected chi connectivity index (χ2v) is 4.46. The molecule has 1 aliphatic heterocycles. The number of ether oxygens (including phenoxy) is 2. The lowest BCUT2D eigenvalue weighted by Crippen LogP contribution is -2.30. The van der Waals surface area contributed by atoms with Gasteiger partial charge in [0.1, 0.15) is 0 Å². The zero-order valence-electron chi connectivity index (χ0n) is 11.3. The molecule has 0 N–H and O–H groups in total. The Labute approximate surface area is 113 Å². The van der Waals surface area contributed by atoms with Crippen LogP contribution in [-0.2, 0) is 0 Å². The fourth-order valence-corrected chi connectivity index (χ4v) is 2.31. The third kappa shape index (κ3) is 3.00. The second kappa shape index (κ2) is 6.14. The summed E-state index contributed by atoms with van der Waals surface area (Å²) in [6.07, 6.45) is 3.57. The Morgan fingerprint density at radius 3 is 2.42 bits per heavy atom. The summed E-state index contributed by atoms with van der Waals surface area (Å²) >= 11 is 0. The van der Waals surface area contributed by atoms with Crippen molar-refractivity contribution < 1.29 is 9.47 Å². The summed E-state index contributed by atoms with van der Waals surface area (Å²) in [5.74, 6) is 1.49. The van der Waals surface area contributed by atoms with Crippen LogP contribution in [0.4, 0.5) is 5.69 Å². The van der Waals surface area contributed by atoms with Crippen molar-refractivity contribution in [1.29, 1.82) is 5.26 Å². The number of hydrogen-bond acceptors (Lipinski definition) is 4. The lowest BCUT2D eigenvalue weighted by molar-refractivity contribution is 0.355. The van der Waals surface area contributed by atoms with E-state index in [1.807, 2.05) is 18.2 Å². The highest BCUT2D eigenvalue weighted by Gasteiger charge is 2.16. The summed E-state index contributed by atoms with van der Waals surface area (Å²) in [7, 11) is 3.28. The molecule has 2 rings (SSSR count). The summed E-state index contributed by atoms with van der Waals surface area (Å²) in [5.41, 5.74) is 2.37. The van der Waals surface area contributed by atoms with Crippen molar-refractivity contribution in [2.24, 2.45) is 0 Å². The molecule has 4 nitrogen and oxygen atoms in total. The van der Waals surface area contributed by atoms with Crippen molar-refractivity contribution >= 4 is 5.69 Å². The van der Waals surface area contributed by atoms with Crippen LogP contribution in [0.3, 0.4) is 0 Å². The number of piperidine rings is 1. The predicted octanol–water partition coefficient (Wildman–Crippen LogP) is 2.75. The maximum Gasteiger partial charge on any atom is 0.162 e. The number of anilines is 1. The van der Waals surface area contributed by atoms with E-state index in [0.29, 0.717) is 0 Å². The topological polar surface area (TPSA) is 45.5 Å². The quantitative estimate of drug-likeness (QED) is 0.782. The summed E-state index contributed by atoms with van der Waals surface area (Å²) in [5, 5.41) is 8.66. The lowest BCUT2D eigenvalue weighted by atomic mass is 10.0. The van der Waals surface area contributed by atoms with E-state index in [0.717, 1.165) is 43.1 Å². The van der Waals surface area contributed by atoms with Crippen molar-refractivity contribution in [2.75, 3.05) is 32.2 Å². The number of nitrogens with zero attached hydrogens (tertiary/aromatic N) is 2. The molecule has 19 heavy (non-hydrogen) atoms. The molecule has 0 bridgehead atoms. The van der Waals surface area contributed by atoms with Crippen molar-refractivity contribution in [3.05, 3.63) is 29.8 Å². The van der Waals surface area contributed by atoms with Gasteiger partial charge in [-0.3, -0.25) is 0 Å². The molecule has 1 fully saturated rings. The van der Waals surface area contributed by atoms with E-state index >= 15 is 0 Å². The number of methoxy groups -OCH3 is 2. The molecule has 0 saturated carbocycles. The molecule has 100 valence electrons. The normalized spacial score (nSPS) is 14.8. The SMILES string of the molecule is COc1ccc(N2CCC(=CC#N)CC2)cc1OC. The van der Waals surface area contributed by atoms with E-state index < -0.39 is 0 Å². The molecule has 1 aliphatic rings. The zero-order chi connectivity index (χ0) is 13.7. The zero-order valence-corrected chi connectivity index (χ0v) is 11.3. The molecule has 1 aromatic rings. The van der Waals surface area contributed by atoms with Crippen LogP contribution < -0.4 is 14.4 Å². The fraction of sp³-hybridized carbons (Fsp3) is 0.400. The first-order valence-electron chi connectivity index (χ1n) is 6.33.